The molecule has 0 bridgehead atoms. The summed E-state index contributed by atoms with van der Waals surface area (Å²) < 4.78 is 10.2. The topological polar surface area (TPSA) is 97.0 Å². The number of carbonyl (C=O) groups excluding carboxylic acids is 3. The van der Waals surface area contributed by atoms with Gasteiger partial charge in [-0.2, -0.15) is 5.01 Å². The monoisotopic (exact) mass is 349 g/mol. The van der Waals surface area contributed by atoms with Crippen LogP contribution in [0.5, 0.6) is 0 Å². The second kappa shape index (κ2) is 7.00. The molecular formula is C17H23N3O5. The first-order valence-corrected chi connectivity index (χ1v) is 8.05. The fraction of sp³-hybridized carbons (Fsp3) is 0.471. The first-order chi connectivity index (χ1) is 11.7. The van der Waals surface area contributed by atoms with Crippen molar-refractivity contribution in [2.45, 2.75) is 52.4 Å². The van der Waals surface area contributed by atoms with Gasteiger partial charge in [0.05, 0.1) is 12.2 Å². The molecule has 1 aliphatic rings. The fourth-order valence-electron chi connectivity index (χ4n) is 2.53. The molecule has 0 saturated heterocycles. The van der Waals surface area contributed by atoms with E-state index in [0.29, 0.717) is 11.3 Å². The molecule has 0 unspecified atom stereocenters. The van der Waals surface area contributed by atoms with E-state index in [2.05, 4.69) is 10.7 Å². The van der Waals surface area contributed by atoms with Gasteiger partial charge in [-0.1, -0.05) is 18.2 Å². The van der Waals surface area contributed by atoms with Crippen LogP contribution in [0.15, 0.2) is 24.3 Å². The van der Waals surface area contributed by atoms with Crippen LogP contribution in [0.1, 0.15) is 40.2 Å². The summed E-state index contributed by atoms with van der Waals surface area (Å²) in [7, 11) is 0. The molecule has 2 N–H and O–H groups in total. The Morgan fingerprint density at radius 1 is 1.12 bits per heavy atom. The highest BCUT2D eigenvalue weighted by molar-refractivity contribution is 6.07. The van der Waals surface area contributed by atoms with Gasteiger partial charge >= 0.3 is 12.2 Å². The van der Waals surface area contributed by atoms with Gasteiger partial charge in [0.25, 0.3) is 5.91 Å². The molecule has 0 aliphatic carbocycles. The largest absolute Gasteiger partial charge is 0.446 e. The molecule has 8 heteroatoms. The maximum Gasteiger partial charge on any atom is 0.430 e. The summed E-state index contributed by atoms with van der Waals surface area (Å²) in [4.78, 5) is 37.3. The molecule has 1 atom stereocenters. The summed E-state index contributed by atoms with van der Waals surface area (Å²) in [5, 5.41) is 3.58. The maximum absolute atomic E-state index is 12.6. The Bertz CT molecular complexity index is 689. The van der Waals surface area contributed by atoms with Crippen molar-refractivity contribution in [3.05, 3.63) is 29.8 Å². The van der Waals surface area contributed by atoms with Gasteiger partial charge in [-0.25, -0.2) is 15.0 Å². The van der Waals surface area contributed by atoms with E-state index in [1.54, 1.807) is 52.0 Å². The molecule has 1 aromatic rings. The summed E-state index contributed by atoms with van der Waals surface area (Å²) >= 11 is 0. The van der Waals surface area contributed by atoms with E-state index in [1.807, 2.05) is 0 Å². The Morgan fingerprint density at radius 3 is 2.32 bits per heavy atom. The number of nitrogens with zero attached hydrogens (tertiary/aromatic N) is 1. The highest BCUT2D eigenvalue weighted by atomic mass is 16.6. The Balaban J connectivity index is 2.42. The fourth-order valence-corrected chi connectivity index (χ4v) is 2.53. The molecule has 25 heavy (non-hydrogen) atoms. The van der Waals surface area contributed by atoms with Crippen molar-refractivity contribution in [3.63, 3.8) is 0 Å². The lowest BCUT2D eigenvalue weighted by molar-refractivity contribution is -0.127. The summed E-state index contributed by atoms with van der Waals surface area (Å²) in [6.45, 7) is 8.23. The molecule has 0 aromatic heterocycles. The molecule has 1 aromatic carbocycles. The van der Waals surface area contributed by atoms with Crippen LogP contribution < -0.4 is 10.7 Å². The number of hydrogen-bond acceptors (Lipinski definition) is 5. The number of amides is 3. The number of benzene rings is 1. The van der Waals surface area contributed by atoms with Crippen molar-refractivity contribution in [2.24, 2.45) is 0 Å². The van der Waals surface area contributed by atoms with Gasteiger partial charge in [0.15, 0.2) is 5.54 Å². The van der Waals surface area contributed by atoms with Crippen LogP contribution in [0.4, 0.5) is 15.3 Å². The smallest absolute Gasteiger partial charge is 0.430 e. The summed E-state index contributed by atoms with van der Waals surface area (Å²) in [6, 6.07) is 6.94. The zero-order valence-corrected chi connectivity index (χ0v) is 15.0. The Kier molecular flexibility index (Phi) is 5.20. The van der Waals surface area contributed by atoms with Crippen LogP contribution in [-0.2, 0) is 19.8 Å². The van der Waals surface area contributed by atoms with Crippen LogP contribution >= 0.6 is 0 Å². The molecule has 0 fully saturated rings. The lowest BCUT2D eigenvalue weighted by Gasteiger charge is -2.35. The van der Waals surface area contributed by atoms with Gasteiger partial charge in [-0.05, 0) is 40.7 Å². The Labute approximate surface area is 146 Å². The first kappa shape index (κ1) is 18.6. The molecule has 1 aliphatic heterocycles. The highest BCUT2D eigenvalue weighted by Crippen LogP contribution is 2.39. The zero-order valence-electron chi connectivity index (χ0n) is 15.0. The number of anilines is 1. The first-order valence-electron chi connectivity index (χ1n) is 8.05. The third-order valence-electron chi connectivity index (χ3n) is 3.65. The second-order valence-corrected chi connectivity index (χ2v) is 6.41. The van der Waals surface area contributed by atoms with Crippen molar-refractivity contribution in [2.75, 3.05) is 5.32 Å². The SMILES string of the molecule is CC(C)OC(=O)NN(C(=O)OC(C)C)[C@@]1(C)C(=O)Nc2ccccc21. The second-order valence-electron chi connectivity index (χ2n) is 6.41. The molecular weight excluding hydrogens is 326 g/mol. The van der Waals surface area contributed by atoms with Gasteiger partial charge in [0, 0.05) is 11.3 Å². The van der Waals surface area contributed by atoms with Crippen LogP contribution in [-0.4, -0.2) is 35.3 Å². The van der Waals surface area contributed by atoms with E-state index in [4.69, 9.17) is 9.47 Å². The number of hydrazine groups is 1. The number of hydrogen-bond donors (Lipinski definition) is 2. The number of ether oxygens (including phenoxy) is 2. The van der Waals surface area contributed by atoms with Gasteiger partial charge in [-0.15, -0.1) is 0 Å². The highest BCUT2D eigenvalue weighted by Gasteiger charge is 2.51. The predicted octanol–water partition coefficient (Wildman–Crippen LogP) is 2.75. The third-order valence-corrected chi connectivity index (χ3v) is 3.65. The van der Waals surface area contributed by atoms with E-state index in [9.17, 15) is 14.4 Å². The quantitative estimate of drug-likeness (QED) is 0.818. The molecule has 0 spiro atoms. The molecule has 0 radical (unpaired) electrons. The lowest BCUT2D eigenvalue weighted by atomic mass is 9.93. The van der Waals surface area contributed by atoms with E-state index in [0.717, 1.165) is 5.01 Å². The van der Waals surface area contributed by atoms with Crippen molar-refractivity contribution in [3.8, 4) is 0 Å². The van der Waals surface area contributed by atoms with Crippen LogP contribution in [0.25, 0.3) is 0 Å². The number of carbonyl (C=O) groups is 3. The van der Waals surface area contributed by atoms with Gasteiger partial charge in [0.1, 0.15) is 0 Å². The van der Waals surface area contributed by atoms with E-state index < -0.39 is 29.7 Å². The van der Waals surface area contributed by atoms with Crippen molar-refractivity contribution in [1.82, 2.24) is 10.4 Å². The average molecular weight is 349 g/mol. The minimum atomic E-state index is -1.47. The van der Waals surface area contributed by atoms with Crippen molar-refractivity contribution >= 4 is 23.8 Å². The van der Waals surface area contributed by atoms with Crippen LogP contribution in [0.3, 0.4) is 0 Å². The standard InChI is InChI=1S/C17H23N3O5/c1-10(2)24-15(22)19-20(16(23)25-11(3)4)17(5)12-8-6-7-9-13(12)18-14(17)21/h6-11H,1-5H3,(H,18,21)(H,19,22)/t17-/m1/s1. The van der Waals surface area contributed by atoms with Crippen molar-refractivity contribution < 1.29 is 23.9 Å². The summed E-state index contributed by atoms with van der Waals surface area (Å²) in [5.74, 6) is -0.459. The van der Waals surface area contributed by atoms with Gasteiger partial charge in [-0.3, -0.25) is 4.79 Å². The Hall–Kier alpha value is -2.77. The van der Waals surface area contributed by atoms with E-state index >= 15 is 0 Å². The Morgan fingerprint density at radius 2 is 1.72 bits per heavy atom. The minimum Gasteiger partial charge on any atom is -0.446 e. The average Bonchev–Trinajstić information content (AvgIpc) is 2.76. The maximum atomic E-state index is 12.6. The van der Waals surface area contributed by atoms with Gasteiger partial charge < -0.3 is 14.8 Å². The minimum absolute atomic E-state index is 0.388. The summed E-state index contributed by atoms with van der Waals surface area (Å²) in [6.07, 6.45) is -2.53. The van der Waals surface area contributed by atoms with Gasteiger partial charge in [0.2, 0.25) is 0 Å². The predicted molar refractivity (Wildman–Crippen MR) is 90.6 cm³/mol. The molecule has 3 amide bonds. The molecule has 2 rings (SSSR count). The van der Waals surface area contributed by atoms with E-state index in [-0.39, 0.29) is 6.10 Å². The number of nitrogens with one attached hydrogen (secondary N) is 2. The molecule has 136 valence electrons. The molecule has 1 heterocycles. The molecule has 0 saturated carbocycles. The van der Waals surface area contributed by atoms with E-state index in [1.165, 1.54) is 6.92 Å². The molecule has 8 nitrogen and oxygen atoms in total. The normalized spacial score (nSPS) is 18.6. The number of rotatable bonds is 3. The number of fused-ring (bicyclic) bond motifs is 1. The van der Waals surface area contributed by atoms with Crippen LogP contribution in [0, 0.1) is 0 Å². The zero-order chi connectivity index (χ0) is 18.8. The van der Waals surface area contributed by atoms with Crippen molar-refractivity contribution in [1.29, 1.82) is 0 Å². The number of para-hydroxylation sites is 1. The lowest BCUT2D eigenvalue weighted by Crippen LogP contribution is -2.60. The summed E-state index contributed by atoms with van der Waals surface area (Å²) in [5.41, 5.74) is 1.98. The van der Waals surface area contributed by atoms with Crippen LogP contribution in [0.2, 0.25) is 0 Å². The third kappa shape index (κ3) is 3.67.